The number of para-hydroxylation sites is 1. The second-order valence-corrected chi connectivity index (χ2v) is 7.08. The summed E-state index contributed by atoms with van der Waals surface area (Å²) in [5.74, 6) is 0.846. The first kappa shape index (κ1) is 15.9. The Morgan fingerprint density at radius 1 is 1.00 bits per heavy atom. The number of amides is 1. The number of aromatic nitrogens is 1. The smallest absolute Gasteiger partial charge is 0.255 e. The van der Waals surface area contributed by atoms with Crippen LogP contribution in [-0.2, 0) is 13.6 Å². The van der Waals surface area contributed by atoms with E-state index in [1.165, 1.54) is 22.2 Å². The number of hydrogen-bond donors (Lipinski definition) is 0. The van der Waals surface area contributed by atoms with Gasteiger partial charge in [-0.2, -0.15) is 0 Å². The summed E-state index contributed by atoms with van der Waals surface area (Å²) in [5.41, 5.74) is 5.39. The fraction of sp³-hybridized carbons (Fsp3) is 0.174. The third-order valence-corrected chi connectivity index (χ3v) is 5.69. The van der Waals surface area contributed by atoms with Gasteiger partial charge in [0.2, 0.25) is 0 Å². The number of fused-ring (bicyclic) bond motifs is 2. The zero-order valence-electron chi connectivity index (χ0n) is 15.3. The summed E-state index contributed by atoms with van der Waals surface area (Å²) in [5, 5.41) is 1.19. The molecule has 27 heavy (non-hydrogen) atoms. The predicted molar refractivity (Wildman–Crippen MR) is 105 cm³/mol. The van der Waals surface area contributed by atoms with Crippen molar-refractivity contribution in [2.75, 3.05) is 0 Å². The minimum atomic E-state index is -0.120. The van der Waals surface area contributed by atoms with E-state index in [2.05, 4.69) is 48.9 Å². The topological polar surface area (TPSA) is 38.4 Å². The minimum absolute atomic E-state index is 0.0549. The number of nitrogens with zero attached hydrogens (tertiary/aromatic N) is 2. The summed E-state index contributed by atoms with van der Waals surface area (Å²) in [4.78, 5) is 15.2. The van der Waals surface area contributed by atoms with Gasteiger partial charge in [-0.3, -0.25) is 4.79 Å². The fourth-order valence-electron chi connectivity index (χ4n) is 4.31. The van der Waals surface area contributed by atoms with E-state index in [1.54, 1.807) is 6.26 Å². The van der Waals surface area contributed by atoms with Crippen LogP contribution in [0.5, 0.6) is 0 Å². The largest absolute Gasteiger partial charge is 0.467 e. The molecular weight excluding hydrogens is 336 g/mol. The first-order chi connectivity index (χ1) is 13.2. The van der Waals surface area contributed by atoms with Gasteiger partial charge in [0, 0.05) is 34.8 Å². The number of furan rings is 1. The zero-order valence-corrected chi connectivity index (χ0v) is 15.3. The summed E-state index contributed by atoms with van der Waals surface area (Å²) in [7, 11) is 2.08. The van der Waals surface area contributed by atoms with Crippen LogP contribution in [0.2, 0.25) is 0 Å². The number of rotatable bonds is 3. The van der Waals surface area contributed by atoms with Crippen LogP contribution >= 0.6 is 0 Å². The molecule has 1 amide bonds. The lowest BCUT2D eigenvalue weighted by atomic mass is 9.95. The lowest BCUT2D eigenvalue weighted by molar-refractivity contribution is 0.0723. The lowest BCUT2D eigenvalue weighted by Crippen LogP contribution is -2.28. The normalized spacial score (nSPS) is 16.3. The first-order valence-electron chi connectivity index (χ1n) is 9.13. The van der Waals surface area contributed by atoms with Gasteiger partial charge in [-0.05, 0) is 36.8 Å². The third-order valence-electron chi connectivity index (χ3n) is 5.69. The fourth-order valence-corrected chi connectivity index (χ4v) is 4.31. The van der Waals surface area contributed by atoms with Crippen molar-refractivity contribution >= 4 is 16.8 Å². The summed E-state index contributed by atoms with van der Waals surface area (Å²) < 4.78 is 7.76. The first-order valence-corrected chi connectivity index (χ1v) is 9.13. The van der Waals surface area contributed by atoms with Crippen LogP contribution in [0.1, 0.15) is 39.0 Å². The van der Waals surface area contributed by atoms with E-state index in [9.17, 15) is 4.79 Å². The van der Waals surface area contributed by atoms with Gasteiger partial charge in [0.1, 0.15) is 5.76 Å². The van der Waals surface area contributed by atoms with Crippen LogP contribution in [0.4, 0.5) is 0 Å². The van der Waals surface area contributed by atoms with Gasteiger partial charge in [-0.25, -0.2) is 0 Å². The molecule has 0 N–H and O–H groups in total. The molecule has 2 aromatic heterocycles. The van der Waals surface area contributed by atoms with Gasteiger partial charge >= 0.3 is 0 Å². The van der Waals surface area contributed by atoms with E-state index in [-0.39, 0.29) is 11.9 Å². The van der Waals surface area contributed by atoms with E-state index in [0.29, 0.717) is 6.54 Å². The number of carbonyl (C=O) groups is 1. The molecule has 0 unspecified atom stereocenters. The number of benzene rings is 2. The van der Waals surface area contributed by atoms with Crippen molar-refractivity contribution in [2.45, 2.75) is 19.5 Å². The quantitative estimate of drug-likeness (QED) is 0.528. The summed E-state index contributed by atoms with van der Waals surface area (Å²) in [6.07, 6.45) is 1.65. The van der Waals surface area contributed by atoms with Crippen LogP contribution in [0.3, 0.4) is 0 Å². The highest BCUT2D eigenvalue weighted by Crippen LogP contribution is 2.43. The molecule has 0 bridgehead atoms. The average molecular weight is 356 g/mol. The Kier molecular flexibility index (Phi) is 3.47. The van der Waals surface area contributed by atoms with Crippen molar-refractivity contribution in [3.8, 4) is 0 Å². The molecule has 0 aliphatic carbocycles. The highest BCUT2D eigenvalue weighted by molar-refractivity contribution is 6.01. The van der Waals surface area contributed by atoms with Crippen molar-refractivity contribution in [2.24, 2.45) is 7.05 Å². The molecule has 0 saturated carbocycles. The molecule has 4 heteroatoms. The minimum Gasteiger partial charge on any atom is -0.467 e. The van der Waals surface area contributed by atoms with Crippen LogP contribution in [-0.4, -0.2) is 15.4 Å². The molecule has 5 rings (SSSR count). The van der Waals surface area contributed by atoms with Gasteiger partial charge in [0.15, 0.2) is 0 Å². The van der Waals surface area contributed by atoms with E-state index < -0.39 is 0 Å². The van der Waals surface area contributed by atoms with Crippen molar-refractivity contribution < 1.29 is 9.21 Å². The Morgan fingerprint density at radius 3 is 2.59 bits per heavy atom. The number of hydrogen-bond acceptors (Lipinski definition) is 2. The second-order valence-electron chi connectivity index (χ2n) is 7.08. The Bertz CT molecular complexity index is 1150. The number of aryl methyl sites for hydroxylation is 1. The average Bonchev–Trinajstić information content (AvgIpc) is 3.36. The van der Waals surface area contributed by atoms with Crippen LogP contribution in [0.15, 0.2) is 71.3 Å². The standard InChI is InChI=1S/C23H20N2O2/c1-15-21(19-11-5-6-12-20(19)24(15)2)22-17-9-3-4-10-18(17)23(26)25(22)14-16-8-7-13-27-16/h3-13,22H,14H2,1-2H3/t22-/m0/s1. The van der Waals surface area contributed by atoms with Crippen LogP contribution in [0.25, 0.3) is 10.9 Å². The maximum Gasteiger partial charge on any atom is 0.255 e. The second kappa shape index (κ2) is 5.88. The Labute approximate surface area is 157 Å². The molecule has 3 heterocycles. The summed E-state index contributed by atoms with van der Waals surface area (Å²) >= 11 is 0. The Hall–Kier alpha value is -3.27. The molecule has 0 fully saturated rings. The maximum atomic E-state index is 13.2. The molecule has 4 nitrogen and oxygen atoms in total. The summed E-state index contributed by atoms with van der Waals surface area (Å²) in [6, 6.07) is 20.0. The third kappa shape index (κ3) is 2.26. The molecule has 0 saturated heterocycles. The highest BCUT2D eigenvalue weighted by atomic mass is 16.3. The zero-order chi connectivity index (χ0) is 18.5. The molecule has 134 valence electrons. The van der Waals surface area contributed by atoms with Gasteiger partial charge in [-0.15, -0.1) is 0 Å². The van der Waals surface area contributed by atoms with Crippen molar-refractivity contribution in [1.29, 1.82) is 0 Å². The highest BCUT2D eigenvalue weighted by Gasteiger charge is 2.40. The molecule has 4 aromatic rings. The summed E-state index contributed by atoms with van der Waals surface area (Å²) in [6.45, 7) is 2.58. The number of carbonyl (C=O) groups excluding carboxylic acids is 1. The van der Waals surface area contributed by atoms with Crippen LogP contribution in [0, 0.1) is 6.92 Å². The van der Waals surface area contributed by atoms with Crippen molar-refractivity contribution in [1.82, 2.24) is 9.47 Å². The molecule has 0 radical (unpaired) electrons. The predicted octanol–water partition coefficient (Wildman–Crippen LogP) is 4.83. The van der Waals surface area contributed by atoms with Gasteiger partial charge in [-0.1, -0.05) is 36.4 Å². The molecule has 1 aliphatic rings. The van der Waals surface area contributed by atoms with Gasteiger partial charge < -0.3 is 13.9 Å². The maximum absolute atomic E-state index is 13.2. The van der Waals surface area contributed by atoms with E-state index in [4.69, 9.17) is 4.42 Å². The molecule has 1 atom stereocenters. The molecule has 1 aliphatic heterocycles. The van der Waals surface area contributed by atoms with E-state index in [0.717, 1.165) is 16.9 Å². The van der Waals surface area contributed by atoms with Crippen molar-refractivity contribution in [3.63, 3.8) is 0 Å². The van der Waals surface area contributed by atoms with Gasteiger partial charge in [0.25, 0.3) is 5.91 Å². The van der Waals surface area contributed by atoms with E-state index >= 15 is 0 Å². The molecule has 2 aromatic carbocycles. The van der Waals surface area contributed by atoms with Gasteiger partial charge in [0.05, 0.1) is 18.8 Å². The molecular formula is C23H20N2O2. The Morgan fingerprint density at radius 2 is 1.78 bits per heavy atom. The SMILES string of the molecule is Cc1c([C@@H]2c3ccccc3C(=O)N2Cc2ccco2)c2ccccc2n1C. The monoisotopic (exact) mass is 356 g/mol. The van der Waals surface area contributed by atoms with Crippen molar-refractivity contribution in [3.05, 3.63) is 95.1 Å². The lowest BCUT2D eigenvalue weighted by Gasteiger charge is -2.25. The van der Waals surface area contributed by atoms with Crippen LogP contribution < -0.4 is 0 Å². The van der Waals surface area contributed by atoms with E-state index in [1.807, 2.05) is 35.2 Å². The Balaban J connectivity index is 1.75. The molecule has 0 spiro atoms.